The van der Waals surface area contributed by atoms with Gasteiger partial charge in [0.25, 0.3) is 0 Å². The Hall–Kier alpha value is -1.88. The van der Waals surface area contributed by atoms with Crippen LogP contribution in [0.1, 0.15) is 28.8 Å². The standard InChI is InChI=1S/C20H16Cl3NO3/c21-15-2-1-3-16(22)18(15)19(24)14(20(26)11-4-5-11)10-27-13-7-6-12(9-25)17(23)8-13/h1-3,6-9,11,14,24H,4-5,10H2. The molecule has 1 saturated carbocycles. The van der Waals surface area contributed by atoms with Crippen LogP contribution in [0.2, 0.25) is 15.1 Å². The lowest BCUT2D eigenvalue weighted by Gasteiger charge is -2.19. The van der Waals surface area contributed by atoms with Gasteiger partial charge in [0.1, 0.15) is 18.1 Å². The predicted molar refractivity (Wildman–Crippen MR) is 107 cm³/mol. The predicted octanol–water partition coefficient (Wildman–Crippen LogP) is 5.50. The second-order valence-corrected chi connectivity index (χ2v) is 7.57. The Kier molecular flexibility index (Phi) is 6.20. The molecule has 1 aliphatic carbocycles. The van der Waals surface area contributed by atoms with Gasteiger partial charge >= 0.3 is 0 Å². The Balaban J connectivity index is 1.84. The lowest BCUT2D eigenvalue weighted by atomic mass is 9.91. The molecule has 3 rings (SSSR count). The molecule has 1 N–H and O–H groups in total. The topological polar surface area (TPSA) is 67.2 Å². The highest BCUT2D eigenvalue weighted by Crippen LogP contribution is 2.35. The average molecular weight is 425 g/mol. The van der Waals surface area contributed by atoms with Gasteiger partial charge in [0.05, 0.1) is 26.7 Å². The van der Waals surface area contributed by atoms with Crippen molar-refractivity contribution in [2.75, 3.05) is 6.61 Å². The van der Waals surface area contributed by atoms with Gasteiger partial charge in [0.2, 0.25) is 0 Å². The quantitative estimate of drug-likeness (QED) is 0.449. The number of ketones is 1. The molecule has 27 heavy (non-hydrogen) atoms. The number of rotatable bonds is 8. The van der Waals surface area contributed by atoms with Gasteiger partial charge in [0.15, 0.2) is 6.29 Å². The summed E-state index contributed by atoms with van der Waals surface area (Å²) in [6, 6.07) is 9.60. The lowest BCUT2D eigenvalue weighted by Crippen LogP contribution is -2.31. The highest BCUT2D eigenvalue weighted by molar-refractivity contribution is 6.40. The second-order valence-electron chi connectivity index (χ2n) is 6.35. The monoisotopic (exact) mass is 423 g/mol. The van der Waals surface area contributed by atoms with Crippen LogP contribution in [-0.2, 0) is 4.79 Å². The molecule has 0 aromatic heterocycles. The van der Waals surface area contributed by atoms with Gasteiger partial charge in [-0.2, -0.15) is 0 Å². The fourth-order valence-electron chi connectivity index (χ4n) is 2.76. The number of aldehydes is 1. The van der Waals surface area contributed by atoms with Crippen LogP contribution in [0.4, 0.5) is 0 Å². The molecule has 0 bridgehead atoms. The van der Waals surface area contributed by atoms with Gasteiger partial charge in [-0.15, -0.1) is 0 Å². The number of Topliss-reactive ketones (excluding diaryl/α,β-unsaturated/α-hetero) is 1. The molecule has 0 heterocycles. The number of ether oxygens (including phenoxy) is 1. The van der Waals surface area contributed by atoms with Crippen molar-refractivity contribution in [2.45, 2.75) is 12.8 Å². The number of nitrogens with one attached hydrogen (secondary N) is 1. The molecular weight excluding hydrogens is 409 g/mol. The molecular formula is C20H16Cl3NO3. The van der Waals surface area contributed by atoms with Crippen LogP contribution >= 0.6 is 34.8 Å². The molecule has 0 spiro atoms. The van der Waals surface area contributed by atoms with Gasteiger partial charge in [-0.05, 0) is 43.2 Å². The van der Waals surface area contributed by atoms with E-state index in [4.69, 9.17) is 44.9 Å². The van der Waals surface area contributed by atoms with Gasteiger partial charge in [-0.25, -0.2) is 0 Å². The fourth-order valence-corrected chi connectivity index (χ4v) is 3.58. The Labute approximate surface area is 171 Å². The van der Waals surface area contributed by atoms with E-state index in [2.05, 4.69) is 0 Å². The molecule has 2 aromatic carbocycles. The third-order valence-electron chi connectivity index (χ3n) is 4.42. The van der Waals surface area contributed by atoms with Crippen LogP contribution in [0, 0.1) is 17.2 Å². The summed E-state index contributed by atoms with van der Waals surface area (Å²) in [5.74, 6) is -0.482. The van der Waals surface area contributed by atoms with Crippen molar-refractivity contribution in [1.82, 2.24) is 0 Å². The van der Waals surface area contributed by atoms with Crippen molar-refractivity contribution in [1.29, 1.82) is 5.41 Å². The summed E-state index contributed by atoms with van der Waals surface area (Å²) in [7, 11) is 0. The molecule has 1 aliphatic rings. The van der Waals surface area contributed by atoms with Crippen molar-refractivity contribution >= 4 is 52.6 Å². The van der Waals surface area contributed by atoms with E-state index in [1.165, 1.54) is 6.07 Å². The number of hydrogen-bond acceptors (Lipinski definition) is 4. The normalized spacial score (nSPS) is 14.5. The van der Waals surface area contributed by atoms with Crippen LogP contribution in [0.25, 0.3) is 0 Å². The maximum absolute atomic E-state index is 12.8. The minimum Gasteiger partial charge on any atom is -0.492 e. The first-order chi connectivity index (χ1) is 12.9. The van der Waals surface area contributed by atoms with Crippen molar-refractivity contribution in [3.8, 4) is 5.75 Å². The third-order valence-corrected chi connectivity index (χ3v) is 5.38. The lowest BCUT2D eigenvalue weighted by molar-refractivity contribution is -0.122. The number of halogens is 3. The third kappa shape index (κ3) is 4.52. The van der Waals surface area contributed by atoms with E-state index in [0.717, 1.165) is 12.8 Å². The Morgan fingerprint density at radius 1 is 1.15 bits per heavy atom. The Morgan fingerprint density at radius 2 is 1.81 bits per heavy atom. The molecule has 0 saturated heterocycles. The smallest absolute Gasteiger partial charge is 0.151 e. The zero-order chi connectivity index (χ0) is 19.6. The summed E-state index contributed by atoms with van der Waals surface area (Å²) < 4.78 is 5.72. The Bertz CT molecular complexity index is 889. The van der Waals surface area contributed by atoms with Crippen LogP contribution in [0.5, 0.6) is 5.75 Å². The minimum atomic E-state index is -0.792. The summed E-state index contributed by atoms with van der Waals surface area (Å²) >= 11 is 18.4. The number of hydrogen-bond donors (Lipinski definition) is 1. The van der Waals surface area contributed by atoms with E-state index in [0.29, 0.717) is 33.2 Å². The van der Waals surface area contributed by atoms with E-state index in [-0.39, 0.29) is 29.0 Å². The molecule has 4 nitrogen and oxygen atoms in total. The zero-order valence-electron chi connectivity index (χ0n) is 14.2. The molecule has 0 aliphatic heterocycles. The minimum absolute atomic E-state index is 0.0352. The molecule has 1 fully saturated rings. The SMILES string of the molecule is N=C(c1c(Cl)cccc1Cl)C(COc1ccc(C=O)c(Cl)c1)C(=O)C1CC1. The van der Waals surface area contributed by atoms with Crippen molar-refractivity contribution in [3.05, 3.63) is 62.6 Å². The number of benzene rings is 2. The molecule has 140 valence electrons. The van der Waals surface area contributed by atoms with E-state index in [9.17, 15) is 9.59 Å². The van der Waals surface area contributed by atoms with Gasteiger partial charge in [0, 0.05) is 17.0 Å². The van der Waals surface area contributed by atoms with E-state index >= 15 is 0 Å². The van der Waals surface area contributed by atoms with Crippen molar-refractivity contribution < 1.29 is 14.3 Å². The maximum atomic E-state index is 12.8. The average Bonchev–Trinajstić information content (AvgIpc) is 3.47. The van der Waals surface area contributed by atoms with Crippen LogP contribution in [-0.4, -0.2) is 24.4 Å². The summed E-state index contributed by atoms with van der Waals surface area (Å²) in [5, 5.41) is 9.45. The summed E-state index contributed by atoms with van der Waals surface area (Å²) in [5.41, 5.74) is 0.737. The summed E-state index contributed by atoms with van der Waals surface area (Å²) in [6.07, 6.45) is 2.29. The highest BCUT2D eigenvalue weighted by atomic mass is 35.5. The molecule has 1 atom stereocenters. The highest BCUT2D eigenvalue weighted by Gasteiger charge is 2.38. The van der Waals surface area contributed by atoms with E-state index < -0.39 is 5.92 Å². The Morgan fingerprint density at radius 3 is 2.37 bits per heavy atom. The van der Waals surface area contributed by atoms with Crippen LogP contribution < -0.4 is 4.74 Å². The number of carbonyl (C=O) groups is 2. The first-order valence-electron chi connectivity index (χ1n) is 8.36. The molecule has 0 radical (unpaired) electrons. The molecule has 7 heteroatoms. The largest absolute Gasteiger partial charge is 0.492 e. The van der Waals surface area contributed by atoms with E-state index in [1.54, 1.807) is 30.3 Å². The van der Waals surface area contributed by atoms with Crippen molar-refractivity contribution in [3.63, 3.8) is 0 Å². The first-order valence-corrected chi connectivity index (χ1v) is 9.49. The fraction of sp³-hybridized carbons (Fsp3) is 0.250. The second kappa shape index (κ2) is 8.42. The summed E-state index contributed by atoms with van der Waals surface area (Å²) in [6.45, 7) is -0.0352. The summed E-state index contributed by atoms with van der Waals surface area (Å²) in [4.78, 5) is 23.6. The van der Waals surface area contributed by atoms with Crippen LogP contribution in [0.15, 0.2) is 36.4 Å². The van der Waals surface area contributed by atoms with Crippen LogP contribution in [0.3, 0.4) is 0 Å². The first kappa shape index (κ1) is 19.9. The van der Waals surface area contributed by atoms with Gasteiger partial charge in [-0.1, -0.05) is 40.9 Å². The zero-order valence-corrected chi connectivity index (χ0v) is 16.4. The molecule has 1 unspecified atom stereocenters. The van der Waals surface area contributed by atoms with Gasteiger partial charge < -0.3 is 10.1 Å². The van der Waals surface area contributed by atoms with Crippen molar-refractivity contribution in [2.24, 2.45) is 11.8 Å². The van der Waals surface area contributed by atoms with Gasteiger partial charge in [-0.3, -0.25) is 9.59 Å². The molecule has 2 aromatic rings. The molecule has 0 amide bonds. The maximum Gasteiger partial charge on any atom is 0.151 e. The van der Waals surface area contributed by atoms with E-state index in [1.807, 2.05) is 0 Å². The number of carbonyl (C=O) groups excluding carboxylic acids is 2.